The van der Waals surface area contributed by atoms with Crippen molar-refractivity contribution in [2.24, 2.45) is 0 Å². The summed E-state index contributed by atoms with van der Waals surface area (Å²) in [7, 11) is -2.53. The van der Waals surface area contributed by atoms with Crippen LogP contribution < -0.4 is 10.1 Å². The number of methoxy groups -OCH3 is 1. The van der Waals surface area contributed by atoms with E-state index < -0.39 is 29.0 Å². The van der Waals surface area contributed by atoms with E-state index in [1.807, 2.05) is 0 Å². The summed E-state index contributed by atoms with van der Waals surface area (Å²) in [6, 6.07) is 15.2. The monoisotopic (exact) mass is 452 g/mol. The van der Waals surface area contributed by atoms with Gasteiger partial charge in [0.1, 0.15) is 18.8 Å². The van der Waals surface area contributed by atoms with E-state index in [9.17, 15) is 13.2 Å². The van der Waals surface area contributed by atoms with Crippen molar-refractivity contribution in [2.45, 2.75) is 4.90 Å². The van der Waals surface area contributed by atoms with E-state index in [-0.39, 0.29) is 22.4 Å². The number of nitriles is 2. The molecule has 1 aromatic heterocycles. The number of nitrogens with zero attached hydrogens (tertiary/aromatic N) is 5. The molecule has 12 heteroatoms. The highest BCUT2D eigenvalue weighted by atomic mass is 32.2. The van der Waals surface area contributed by atoms with E-state index >= 15 is 0 Å². The number of rotatable bonds is 8. The van der Waals surface area contributed by atoms with E-state index in [1.165, 1.54) is 31.4 Å². The normalized spacial score (nSPS) is 10.9. The van der Waals surface area contributed by atoms with Gasteiger partial charge in [0.05, 0.1) is 24.1 Å². The van der Waals surface area contributed by atoms with Crippen LogP contribution in [0.4, 0.5) is 6.01 Å². The summed E-state index contributed by atoms with van der Waals surface area (Å²) in [5.74, 6) is 0.181. The highest BCUT2D eigenvalue weighted by Gasteiger charge is 2.24. The standard InChI is InChI=1S/C20H16N6O5S/c1-30-16-4-2-3-15(13-16)19-24-25-20(31-19)23-18(27)14-5-7-17(8-6-14)32(28,29)26(11-9-21)12-10-22/h2-8,13H,11-12H2,1H3,(H,23,25,27). The predicted molar refractivity (Wildman–Crippen MR) is 111 cm³/mol. The van der Waals surface area contributed by atoms with Crippen molar-refractivity contribution in [2.75, 3.05) is 25.5 Å². The summed E-state index contributed by atoms with van der Waals surface area (Å²) in [4.78, 5) is 12.3. The summed E-state index contributed by atoms with van der Waals surface area (Å²) < 4.78 is 36.4. The van der Waals surface area contributed by atoms with E-state index in [0.717, 1.165) is 4.31 Å². The Morgan fingerprint density at radius 1 is 1.12 bits per heavy atom. The fraction of sp³-hybridized carbons (Fsp3) is 0.150. The molecule has 162 valence electrons. The molecule has 3 rings (SSSR count). The van der Waals surface area contributed by atoms with E-state index in [1.54, 1.807) is 36.4 Å². The number of hydrogen-bond acceptors (Lipinski definition) is 9. The number of hydrogen-bond donors (Lipinski definition) is 1. The first kappa shape index (κ1) is 22.4. The van der Waals surface area contributed by atoms with Crippen molar-refractivity contribution in [3.8, 4) is 29.3 Å². The van der Waals surface area contributed by atoms with Crippen LogP contribution in [0, 0.1) is 22.7 Å². The first-order valence-corrected chi connectivity index (χ1v) is 10.5. The molecule has 3 aromatic rings. The highest BCUT2D eigenvalue weighted by molar-refractivity contribution is 7.89. The van der Waals surface area contributed by atoms with Gasteiger partial charge in [-0.15, -0.1) is 5.10 Å². The van der Waals surface area contributed by atoms with Crippen LogP contribution >= 0.6 is 0 Å². The van der Waals surface area contributed by atoms with Gasteiger partial charge >= 0.3 is 6.01 Å². The van der Waals surface area contributed by atoms with Gasteiger partial charge < -0.3 is 9.15 Å². The van der Waals surface area contributed by atoms with Crippen molar-refractivity contribution < 1.29 is 22.4 Å². The number of benzene rings is 2. The molecule has 1 amide bonds. The van der Waals surface area contributed by atoms with E-state index in [2.05, 4.69) is 15.5 Å². The molecule has 0 saturated heterocycles. The number of nitrogens with one attached hydrogen (secondary N) is 1. The van der Waals surface area contributed by atoms with E-state index in [0.29, 0.717) is 11.3 Å². The van der Waals surface area contributed by atoms with Gasteiger partial charge in [-0.25, -0.2) is 8.42 Å². The van der Waals surface area contributed by atoms with Gasteiger partial charge in [0.2, 0.25) is 15.9 Å². The van der Waals surface area contributed by atoms with Gasteiger partial charge in [0.15, 0.2) is 0 Å². The van der Waals surface area contributed by atoms with Crippen LogP contribution in [0.5, 0.6) is 5.75 Å². The van der Waals surface area contributed by atoms with Crippen LogP contribution in [0.3, 0.4) is 0 Å². The number of aromatic nitrogens is 2. The van der Waals surface area contributed by atoms with Crippen LogP contribution in [-0.2, 0) is 10.0 Å². The molecule has 0 fully saturated rings. The summed E-state index contributed by atoms with van der Waals surface area (Å²) in [5, 5.41) is 27.7. The van der Waals surface area contributed by atoms with Crippen molar-refractivity contribution in [3.05, 3.63) is 54.1 Å². The molecule has 0 bridgehead atoms. The van der Waals surface area contributed by atoms with Crippen LogP contribution in [0.2, 0.25) is 0 Å². The Hall–Kier alpha value is -4.26. The average Bonchev–Trinajstić information content (AvgIpc) is 3.27. The molecule has 1 heterocycles. The van der Waals surface area contributed by atoms with Crippen LogP contribution in [0.1, 0.15) is 10.4 Å². The molecule has 0 saturated carbocycles. The van der Waals surface area contributed by atoms with Gasteiger partial charge in [-0.1, -0.05) is 11.2 Å². The Labute approximate surface area is 183 Å². The minimum absolute atomic E-state index is 0.136. The number of amides is 1. The molecule has 32 heavy (non-hydrogen) atoms. The zero-order valence-corrected chi connectivity index (χ0v) is 17.5. The third-order valence-electron chi connectivity index (χ3n) is 4.21. The summed E-state index contributed by atoms with van der Waals surface area (Å²) in [5.41, 5.74) is 0.739. The van der Waals surface area contributed by atoms with Crippen LogP contribution in [-0.4, -0.2) is 49.0 Å². The minimum Gasteiger partial charge on any atom is -0.497 e. The van der Waals surface area contributed by atoms with E-state index in [4.69, 9.17) is 19.7 Å². The van der Waals surface area contributed by atoms with Gasteiger partial charge in [0, 0.05) is 11.1 Å². The van der Waals surface area contributed by atoms with Crippen LogP contribution in [0.25, 0.3) is 11.5 Å². The second-order valence-electron chi connectivity index (χ2n) is 6.21. The first-order valence-electron chi connectivity index (χ1n) is 9.02. The molecule has 11 nitrogen and oxygen atoms in total. The topological polar surface area (TPSA) is 162 Å². The molecule has 0 spiro atoms. The lowest BCUT2D eigenvalue weighted by atomic mass is 10.2. The lowest BCUT2D eigenvalue weighted by Gasteiger charge is -2.15. The number of ether oxygens (including phenoxy) is 1. The Balaban J connectivity index is 1.74. The Morgan fingerprint density at radius 2 is 1.81 bits per heavy atom. The molecule has 0 atom stereocenters. The van der Waals surface area contributed by atoms with Gasteiger partial charge in [-0.2, -0.15) is 14.8 Å². The quantitative estimate of drug-likeness (QED) is 0.504. The zero-order valence-electron chi connectivity index (χ0n) is 16.7. The Morgan fingerprint density at radius 3 is 2.44 bits per heavy atom. The van der Waals surface area contributed by atoms with Gasteiger partial charge in [-0.3, -0.25) is 10.1 Å². The fourth-order valence-corrected chi connectivity index (χ4v) is 3.86. The molecule has 0 unspecified atom stereocenters. The number of carbonyl (C=O) groups excluding carboxylic acids is 1. The van der Waals surface area contributed by atoms with Gasteiger partial charge in [0.25, 0.3) is 5.91 Å². The van der Waals surface area contributed by atoms with Gasteiger partial charge in [-0.05, 0) is 42.5 Å². The van der Waals surface area contributed by atoms with Crippen molar-refractivity contribution in [3.63, 3.8) is 0 Å². The minimum atomic E-state index is -4.05. The number of carbonyl (C=O) groups is 1. The van der Waals surface area contributed by atoms with Crippen molar-refractivity contribution in [1.82, 2.24) is 14.5 Å². The van der Waals surface area contributed by atoms with Crippen molar-refractivity contribution in [1.29, 1.82) is 10.5 Å². The molecular weight excluding hydrogens is 436 g/mol. The Bertz CT molecular complexity index is 1290. The summed E-state index contributed by atoms with van der Waals surface area (Å²) in [6.07, 6.45) is 0. The zero-order chi connectivity index (χ0) is 23.1. The molecule has 0 aliphatic rings. The average molecular weight is 452 g/mol. The van der Waals surface area contributed by atoms with Crippen LogP contribution in [0.15, 0.2) is 57.8 Å². The smallest absolute Gasteiger partial charge is 0.322 e. The number of sulfonamides is 1. The maximum absolute atomic E-state index is 12.5. The lowest BCUT2D eigenvalue weighted by Crippen LogP contribution is -2.31. The number of anilines is 1. The highest BCUT2D eigenvalue weighted by Crippen LogP contribution is 2.24. The largest absolute Gasteiger partial charge is 0.497 e. The molecule has 0 aliphatic heterocycles. The maximum Gasteiger partial charge on any atom is 0.322 e. The molecule has 0 aliphatic carbocycles. The summed E-state index contributed by atoms with van der Waals surface area (Å²) in [6.45, 7) is -0.935. The molecular formula is C20H16N6O5S. The maximum atomic E-state index is 12.5. The predicted octanol–water partition coefficient (Wildman–Crippen LogP) is 2.04. The molecule has 0 radical (unpaired) electrons. The third kappa shape index (κ3) is 4.89. The first-order chi connectivity index (χ1) is 15.4. The second-order valence-corrected chi connectivity index (χ2v) is 8.15. The second kappa shape index (κ2) is 9.70. The Kier molecular flexibility index (Phi) is 6.80. The SMILES string of the molecule is COc1cccc(-c2nnc(NC(=O)c3ccc(S(=O)(=O)N(CC#N)CC#N)cc3)o2)c1. The molecule has 1 N–H and O–H groups in total. The fourth-order valence-electron chi connectivity index (χ4n) is 2.63. The third-order valence-corrected chi connectivity index (χ3v) is 6.02. The summed E-state index contributed by atoms with van der Waals surface area (Å²) >= 11 is 0. The lowest BCUT2D eigenvalue weighted by molar-refractivity contribution is 0.102. The van der Waals surface area contributed by atoms with Crippen molar-refractivity contribution >= 4 is 21.9 Å². The molecule has 2 aromatic carbocycles.